The summed E-state index contributed by atoms with van der Waals surface area (Å²) < 4.78 is 48.0. The second-order valence-electron chi connectivity index (χ2n) is 20.6. The predicted molar refractivity (Wildman–Crippen MR) is 292 cm³/mol. The van der Waals surface area contributed by atoms with Gasteiger partial charge >= 0.3 is 6.09 Å². The maximum atomic E-state index is 13.8. The van der Waals surface area contributed by atoms with Crippen molar-refractivity contribution in [2.24, 2.45) is 17.6 Å². The molecule has 8 aromatic rings. The third-order valence-corrected chi connectivity index (χ3v) is 12.9. The number of anilines is 2. The Labute approximate surface area is 445 Å². The van der Waals surface area contributed by atoms with Crippen LogP contribution in [0.4, 0.5) is 25.0 Å². The van der Waals surface area contributed by atoms with Gasteiger partial charge in [-0.3, -0.25) is 9.59 Å². The fraction of sp³-hybridized carbons (Fsp3) is 0.339. The topological polar surface area (TPSA) is 201 Å². The number of Topliss-reactive ketones (excluding diaryl/α,β-unsaturated/α-hetero) is 2. The summed E-state index contributed by atoms with van der Waals surface area (Å²) in [7, 11) is 0. The Bertz CT molecular complexity index is 3440. The van der Waals surface area contributed by atoms with Gasteiger partial charge in [-0.1, -0.05) is 36.4 Å². The highest BCUT2D eigenvalue weighted by atomic mass is 19.1. The van der Waals surface area contributed by atoms with Gasteiger partial charge in [0.1, 0.15) is 28.7 Å². The van der Waals surface area contributed by atoms with E-state index in [2.05, 4.69) is 36.1 Å². The average molecular weight is 1050 g/mol. The molecule has 400 valence electrons. The van der Waals surface area contributed by atoms with Crippen molar-refractivity contribution in [2.75, 3.05) is 36.8 Å². The number of hydrogen-bond acceptors (Lipinski definition) is 13. The van der Waals surface area contributed by atoms with Gasteiger partial charge in [0, 0.05) is 79.0 Å². The maximum Gasteiger partial charge on any atom is 0.407 e. The minimum atomic E-state index is -0.563. The summed E-state index contributed by atoms with van der Waals surface area (Å²) in [6, 6.07) is 26.8. The largest absolute Gasteiger partial charge is 0.444 e. The zero-order chi connectivity index (χ0) is 54.2. The molecule has 5 N–H and O–H groups in total. The highest BCUT2D eigenvalue weighted by Crippen LogP contribution is 2.37. The minimum Gasteiger partial charge on any atom is -0.444 e. The fourth-order valence-corrected chi connectivity index (χ4v) is 8.75. The Hall–Kier alpha value is -8.25. The van der Waals surface area contributed by atoms with Crippen LogP contribution in [0.25, 0.3) is 33.8 Å². The molecule has 16 nitrogen and oxygen atoms in total. The quantitative estimate of drug-likeness (QED) is 0.0391. The highest BCUT2D eigenvalue weighted by molar-refractivity contribution is 5.99. The lowest BCUT2D eigenvalue weighted by Crippen LogP contribution is -2.33. The molecule has 10 rings (SSSR count). The third kappa shape index (κ3) is 14.2. The number of aromatic nitrogens is 6. The summed E-state index contributed by atoms with van der Waals surface area (Å²) in [5.74, 6) is 1.84. The Balaban J connectivity index is 0.000000191. The standard InChI is InChI=1S/C32H36FN5O4.C27H28FN5O2/c1-20-15-22(11-12-25(20)28(39)16-21-9-10-21)27-19-36-30-26(34-13-6-14-35-31(40)42-32(2,3)4)18-29(37-38(27)30)41-24-8-5-7-23(33)17-24;1-17-12-19(8-9-22(17)25(34)13-18-6-7-18)24-16-31-27-23(30-11-3-10-29)15-26(32-33(24)27)35-21-5-2-4-20(28)14-21/h5,7-8,11-12,15,17-19,21,34H,6,9-10,13-14,16H2,1-4H3,(H,35,40);2,4-5,8-9,12,14-16,18,30H,3,6-7,10-11,13,29H2,1H3. The summed E-state index contributed by atoms with van der Waals surface area (Å²) in [6.45, 7) is 11.5. The van der Waals surface area contributed by atoms with Crippen LogP contribution in [0, 0.1) is 37.3 Å². The summed E-state index contributed by atoms with van der Waals surface area (Å²) in [4.78, 5) is 46.6. The van der Waals surface area contributed by atoms with Gasteiger partial charge in [0.05, 0.1) is 35.2 Å². The van der Waals surface area contributed by atoms with Crippen LogP contribution in [0.15, 0.2) is 109 Å². The molecule has 0 saturated heterocycles. The van der Waals surface area contributed by atoms with Crippen LogP contribution in [0.3, 0.4) is 0 Å². The van der Waals surface area contributed by atoms with Crippen LogP contribution >= 0.6 is 0 Å². The summed E-state index contributed by atoms with van der Waals surface area (Å²) in [5, 5.41) is 18.8. The van der Waals surface area contributed by atoms with Crippen molar-refractivity contribution < 1.29 is 37.4 Å². The number of carbonyl (C=O) groups excluding carboxylic acids is 3. The molecule has 2 aliphatic rings. The number of rotatable bonds is 21. The SMILES string of the molecule is Cc1cc(-c2cnc3c(NCCCN)cc(Oc4cccc(F)c4)nn23)ccc1C(=O)CC1CC1.Cc1cc(-c2cnc3c(NCCCNC(=O)OC(C)(C)C)cc(Oc4cccc(F)c4)nn23)ccc1C(=O)CC1CC1. The van der Waals surface area contributed by atoms with Crippen LogP contribution in [-0.2, 0) is 4.74 Å². The molecule has 4 heterocycles. The van der Waals surface area contributed by atoms with Gasteiger partial charge in [0.25, 0.3) is 0 Å². The van der Waals surface area contributed by atoms with Gasteiger partial charge in [-0.2, -0.15) is 0 Å². The van der Waals surface area contributed by atoms with Crippen LogP contribution in [0.2, 0.25) is 0 Å². The van der Waals surface area contributed by atoms with Gasteiger partial charge in [-0.25, -0.2) is 32.6 Å². The number of benzene rings is 4. The third-order valence-electron chi connectivity index (χ3n) is 12.9. The first-order valence-electron chi connectivity index (χ1n) is 26.1. The molecule has 0 radical (unpaired) electrons. The lowest BCUT2D eigenvalue weighted by molar-refractivity contribution is 0.0527. The molecule has 4 aromatic carbocycles. The molecule has 2 saturated carbocycles. The Morgan fingerprint density at radius 2 is 1.10 bits per heavy atom. The van der Waals surface area contributed by atoms with Crippen molar-refractivity contribution in [3.8, 4) is 45.8 Å². The smallest absolute Gasteiger partial charge is 0.407 e. The fourth-order valence-electron chi connectivity index (χ4n) is 8.75. The average Bonchev–Trinajstić information content (AvgIpc) is 4.30. The minimum absolute atomic E-state index is 0.177. The lowest BCUT2D eigenvalue weighted by atomic mass is 9.98. The van der Waals surface area contributed by atoms with E-state index in [0.29, 0.717) is 97.3 Å². The van der Waals surface area contributed by atoms with E-state index in [-0.39, 0.29) is 23.3 Å². The highest BCUT2D eigenvalue weighted by Gasteiger charge is 2.27. The normalized spacial score (nSPS) is 13.2. The lowest BCUT2D eigenvalue weighted by Gasteiger charge is -2.19. The summed E-state index contributed by atoms with van der Waals surface area (Å²) >= 11 is 0. The van der Waals surface area contributed by atoms with Crippen LogP contribution in [0.5, 0.6) is 23.3 Å². The molecular weight excluding hydrogens is 983 g/mol. The van der Waals surface area contributed by atoms with E-state index >= 15 is 0 Å². The van der Waals surface area contributed by atoms with Gasteiger partial charge in [0.15, 0.2) is 22.9 Å². The van der Waals surface area contributed by atoms with E-state index in [0.717, 1.165) is 76.9 Å². The molecular formula is C59H64F2N10O6. The second kappa shape index (κ2) is 23.7. The van der Waals surface area contributed by atoms with Crippen molar-refractivity contribution in [3.63, 3.8) is 0 Å². The van der Waals surface area contributed by atoms with Crippen molar-refractivity contribution >= 4 is 40.3 Å². The molecule has 2 aliphatic carbocycles. The zero-order valence-corrected chi connectivity index (χ0v) is 44.0. The molecule has 0 bridgehead atoms. The number of ketones is 2. The van der Waals surface area contributed by atoms with E-state index in [1.807, 2.05) is 71.0 Å². The number of aryl methyl sites for hydroxylation is 2. The molecule has 1 amide bonds. The maximum absolute atomic E-state index is 13.8. The number of hydrogen-bond donors (Lipinski definition) is 4. The van der Waals surface area contributed by atoms with Crippen LogP contribution in [0.1, 0.15) is 104 Å². The number of carbonyl (C=O) groups is 3. The Morgan fingerprint density at radius 1 is 0.636 bits per heavy atom. The number of halogens is 2. The van der Waals surface area contributed by atoms with Crippen molar-refractivity contribution in [1.82, 2.24) is 34.5 Å². The number of alkyl carbamates (subject to hydrolysis) is 1. The van der Waals surface area contributed by atoms with Crippen LogP contribution < -0.4 is 31.2 Å². The van der Waals surface area contributed by atoms with Gasteiger partial charge in [-0.15, -0.1) is 10.2 Å². The van der Waals surface area contributed by atoms with Crippen molar-refractivity contribution in [1.29, 1.82) is 0 Å². The molecule has 0 unspecified atom stereocenters. The van der Waals surface area contributed by atoms with Crippen molar-refractivity contribution in [3.05, 3.63) is 143 Å². The number of fused-ring (bicyclic) bond motifs is 2. The van der Waals surface area contributed by atoms with E-state index in [9.17, 15) is 23.2 Å². The zero-order valence-electron chi connectivity index (χ0n) is 44.0. The summed E-state index contributed by atoms with van der Waals surface area (Å²) in [6.07, 6.45) is 10.2. The van der Waals surface area contributed by atoms with E-state index in [1.54, 1.807) is 57.8 Å². The van der Waals surface area contributed by atoms with Gasteiger partial charge in [0.2, 0.25) is 11.8 Å². The van der Waals surface area contributed by atoms with Gasteiger partial charge < -0.3 is 35.9 Å². The number of nitrogens with two attached hydrogens (primary N) is 1. The number of imidazole rings is 2. The molecule has 4 aromatic heterocycles. The molecule has 18 heteroatoms. The Morgan fingerprint density at radius 3 is 1.52 bits per heavy atom. The molecule has 0 aliphatic heterocycles. The first-order valence-corrected chi connectivity index (χ1v) is 26.1. The van der Waals surface area contributed by atoms with E-state index in [1.165, 1.54) is 24.3 Å². The predicted octanol–water partition coefficient (Wildman–Crippen LogP) is 12.3. The van der Waals surface area contributed by atoms with Gasteiger partial charge in [-0.05, 0) is 139 Å². The molecule has 0 atom stereocenters. The van der Waals surface area contributed by atoms with Crippen LogP contribution in [-0.4, -0.2) is 78.6 Å². The monoisotopic (exact) mass is 1050 g/mol. The summed E-state index contributed by atoms with van der Waals surface area (Å²) in [5.41, 5.74) is 14.2. The van der Waals surface area contributed by atoms with Crippen molar-refractivity contribution in [2.45, 2.75) is 91.6 Å². The van der Waals surface area contributed by atoms with E-state index < -0.39 is 17.5 Å². The first-order chi connectivity index (χ1) is 37.1. The number of nitrogens with zero attached hydrogens (tertiary/aromatic N) is 6. The molecule has 0 spiro atoms. The number of nitrogens with one attached hydrogen (secondary N) is 3. The number of ether oxygens (including phenoxy) is 3. The van der Waals surface area contributed by atoms with E-state index in [4.69, 9.17) is 19.9 Å². The Kier molecular flexibility index (Phi) is 16.5. The molecule has 77 heavy (non-hydrogen) atoms. The second-order valence-corrected chi connectivity index (χ2v) is 20.6. The first kappa shape index (κ1) is 53.6. The number of amides is 1. The molecule has 2 fully saturated rings.